The summed E-state index contributed by atoms with van der Waals surface area (Å²) in [6, 6.07) is 14.5. The van der Waals surface area contributed by atoms with E-state index in [-0.39, 0.29) is 0 Å². The number of nitrogens with zero attached hydrogens (tertiary/aromatic N) is 2. The molecule has 0 saturated carbocycles. The zero-order valence-corrected chi connectivity index (χ0v) is 15.9. The molecule has 3 rings (SSSR count). The first-order chi connectivity index (χ1) is 12.1. The molecule has 1 saturated heterocycles. The average molecular weight is 356 g/mol. The molecule has 0 amide bonds. The molecule has 0 aliphatic carbocycles. The summed E-state index contributed by atoms with van der Waals surface area (Å²) in [5.74, 6) is 0.895. The Morgan fingerprint density at radius 1 is 1.04 bits per heavy atom. The molecule has 0 unspecified atom stereocenters. The third kappa shape index (κ3) is 4.04. The van der Waals surface area contributed by atoms with Gasteiger partial charge in [0.1, 0.15) is 5.75 Å². The van der Waals surface area contributed by atoms with Crippen molar-refractivity contribution in [3.8, 4) is 5.75 Å². The van der Waals surface area contributed by atoms with E-state index in [0.29, 0.717) is 0 Å². The van der Waals surface area contributed by atoms with Crippen LogP contribution >= 0.6 is 12.2 Å². The number of anilines is 2. The summed E-state index contributed by atoms with van der Waals surface area (Å²) >= 11 is 5.63. The Hall–Kier alpha value is -2.27. The summed E-state index contributed by atoms with van der Waals surface area (Å²) in [5, 5.41) is 4.22. The lowest BCUT2D eigenvalue weighted by Crippen LogP contribution is -2.50. The van der Waals surface area contributed by atoms with Crippen LogP contribution in [0.1, 0.15) is 11.1 Å². The minimum Gasteiger partial charge on any atom is -0.497 e. The molecule has 2 aromatic carbocycles. The first-order valence-corrected chi connectivity index (χ1v) is 9.00. The van der Waals surface area contributed by atoms with Gasteiger partial charge in [0.15, 0.2) is 5.11 Å². The maximum atomic E-state index is 5.63. The quantitative estimate of drug-likeness (QED) is 0.845. The molecule has 1 N–H and O–H groups in total. The van der Waals surface area contributed by atoms with Gasteiger partial charge in [-0.25, -0.2) is 0 Å². The Labute approximate surface area is 155 Å². The molecule has 1 aliphatic rings. The third-order valence-electron chi connectivity index (χ3n) is 4.83. The topological polar surface area (TPSA) is 27.7 Å². The van der Waals surface area contributed by atoms with Gasteiger partial charge in [-0.05, 0) is 55.4 Å². The van der Waals surface area contributed by atoms with Crippen LogP contribution in [0.25, 0.3) is 0 Å². The number of nitrogens with one attached hydrogen (secondary N) is 1. The van der Waals surface area contributed by atoms with Crippen molar-refractivity contribution in [2.75, 3.05) is 43.5 Å². The van der Waals surface area contributed by atoms with Gasteiger partial charge in [-0.15, -0.1) is 0 Å². The van der Waals surface area contributed by atoms with Crippen LogP contribution < -0.4 is 15.0 Å². The van der Waals surface area contributed by atoms with Crippen LogP contribution in [0, 0.1) is 13.8 Å². The summed E-state index contributed by atoms with van der Waals surface area (Å²) in [6.45, 7) is 7.96. The van der Waals surface area contributed by atoms with Gasteiger partial charge in [-0.2, -0.15) is 0 Å². The van der Waals surface area contributed by atoms with E-state index >= 15 is 0 Å². The molecule has 1 fully saturated rings. The van der Waals surface area contributed by atoms with Gasteiger partial charge in [0.2, 0.25) is 0 Å². The molecule has 0 radical (unpaired) electrons. The van der Waals surface area contributed by atoms with E-state index in [4.69, 9.17) is 17.0 Å². The lowest BCUT2D eigenvalue weighted by Gasteiger charge is -2.37. The SMILES string of the molecule is COc1cccc(N2CCN(C(=S)Nc3cccc(C)c3C)CC2)c1. The summed E-state index contributed by atoms with van der Waals surface area (Å²) in [4.78, 5) is 4.62. The van der Waals surface area contributed by atoms with Crippen LogP contribution in [-0.4, -0.2) is 43.3 Å². The molecule has 0 atom stereocenters. The fraction of sp³-hybridized carbons (Fsp3) is 0.350. The summed E-state index contributed by atoms with van der Waals surface area (Å²) < 4.78 is 5.32. The first kappa shape index (κ1) is 17.5. The number of thiocarbonyl (C=S) groups is 1. The normalized spacial score (nSPS) is 14.4. The van der Waals surface area contributed by atoms with Crippen molar-refractivity contribution in [3.05, 3.63) is 53.6 Å². The van der Waals surface area contributed by atoms with E-state index in [9.17, 15) is 0 Å². The number of benzene rings is 2. The number of hydrogen-bond acceptors (Lipinski definition) is 3. The molecule has 0 spiro atoms. The molecule has 4 nitrogen and oxygen atoms in total. The van der Waals surface area contributed by atoms with Crippen molar-refractivity contribution in [2.24, 2.45) is 0 Å². The number of hydrogen-bond donors (Lipinski definition) is 1. The number of aryl methyl sites for hydroxylation is 1. The van der Waals surface area contributed by atoms with Crippen LogP contribution in [-0.2, 0) is 0 Å². The molecule has 1 aliphatic heterocycles. The summed E-state index contributed by atoms with van der Waals surface area (Å²) in [5.41, 5.74) is 4.82. The highest BCUT2D eigenvalue weighted by molar-refractivity contribution is 7.80. The highest BCUT2D eigenvalue weighted by Gasteiger charge is 2.20. The number of rotatable bonds is 3. The van der Waals surface area contributed by atoms with E-state index in [2.05, 4.69) is 59.3 Å². The van der Waals surface area contributed by atoms with Crippen LogP contribution in [0.2, 0.25) is 0 Å². The Bertz CT molecular complexity index is 754. The second-order valence-electron chi connectivity index (χ2n) is 6.35. The standard InChI is InChI=1S/C20H25N3OS/c1-15-6-4-9-19(16(15)2)21-20(25)23-12-10-22(11-13-23)17-7-5-8-18(14-17)24-3/h4-9,14H,10-13H2,1-3H3,(H,21,25). The van der Waals surface area contributed by atoms with Crippen LogP contribution in [0.3, 0.4) is 0 Å². The van der Waals surface area contributed by atoms with Crippen molar-refractivity contribution < 1.29 is 4.74 Å². The minimum absolute atomic E-state index is 0.805. The highest BCUT2D eigenvalue weighted by atomic mass is 32.1. The molecular weight excluding hydrogens is 330 g/mol. The Morgan fingerprint density at radius 3 is 2.48 bits per heavy atom. The number of methoxy groups -OCH3 is 1. The van der Waals surface area contributed by atoms with Gasteiger partial charge in [0, 0.05) is 43.6 Å². The molecular formula is C20H25N3OS. The van der Waals surface area contributed by atoms with E-state index < -0.39 is 0 Å². The average Bonchev–Trinajstić information content (AvgIpc) is 2.65. The molecule has 132 valence electrons. The van der Waals surface area contributed by atoms with E-state index in [1.807, 2.05) is 12.1 Å². The van der Waals surface area contributed by atoms with E-state index in [0.717, 1.165) is 42.7 Å². The lowest BCUT2D eigenvalue weighted by molar-refractivity contribution is 0.389. The van der Waals surface area contributed by atoms with Gasteiger partial charge in [-0.1, -0.05) is 18.2 Å². The van der Waals surface area contributed by atoms with Crippen molar-refractivity contribution in [2.45, 2.75) is 13.8 Å². The van der Waals surface area contributed by atoms with Gasteiger partial charge in [0.05, 0.1) is 7.11 Å². The van der Waals surface area contributed by atoms with Gasteiger partial charge >= 0.3 is 0 Å². The number of ether oxygens (including phenoxy) is 1. The Kier molecular flexibility index (Phi) is 5.43. The maximum Gasteiger partial charge on any atom is 0.173 e. The fourth-order valence-corrected chi connectivity index (χ4v) is 3.35. The lowest BCUT2D eigenvalue weighted by atomic mass is 10.1. The maximum absolute atomic E-state index is 5.63. The largest absolute Gasteiger partial charge is 0.497 e. The predicted octanol–water partition coefficient (Wildman–Crippen LogP) is 3.83. The third-order valence-corrected chi connectivity index (χ3v) is 5.19. The summed E-state index contributed by atoms with van der Waals surface area (Å²) in [6.07, 6.45) is 0. The van der Waals surface area contributed by atoms with Gasteiger partial charge in [0.25, 0.3) is 0 Å². The molecule has 1 heterocycles. The van der Waals surface area contributed by atoms with E-state index in [1.165, 1.54) is 16.8 Å². The predicted molar refractivity (Wildman–Crippen MR) is 109 cm³/mol. The second kappa shape index (κ2) is 7.74. The molecule has 0 bridgehead atoms. The second-order valence-corrected chi connectivity index (χ2v) is 6.74. The van der Waals surface area contributed by atoms with E-state index in [1.54, 1.807) is 7.11 Å². The smallest absolute Gasteiger partial charge is 0.173 e. The zero-order chi connectivity index (χ0) is 17.8. The molecule has 2 aromatic rings. The van der Waals surface area contributed by atoms with Gasteiger partial charge < -0.3 is 19.9 Å². The fourth-order valence-electron chi connectivity index (χ4n) is 3.06. The van der Waals surface area contributed by atoms with Crippen molar-refractivity contribution >= 4 is 28.7 Å². The van der Waals surface area contributed by atoms with Crippen molar-refractivity contribution in [1.82, 2.24) is 4.90 Å². The Morgan fingerprint density at radius 2 is 1.76 bits per heavy atom. The monoisotopic (exact) mass is 355 g/mol. The van der Waals surface area contributed by atoms with Crippen LogP contribution in [0.5, 0.6) is 5.75 Å². The minimum atomic E-state index is 0.805. The van der Waals surface area contributed by atoms with Gasteiger partial charge in [-0.3, -0.25) is 0 Å². The molecule has 0 aromatic heterocycles. The highest BCUT2D eigenvalue weighted by Crippen LogP contribution is 2.23. The van der Waals surface area contributed by atoms with Crippen LogP contribution in [0.15, 0.2) is 42.5 Å². The van der Waals surface area contributed by atoms with Crippen molar-refractivity contribution in [1.29, 1.82) is 0 Å². The molecule has 5 heteroatoms. The Balaban J connectivity index is 1.60. The zero-order valence-electron chi connectivity index (χ0n) is 15.1. The molecule has 25 heavy (non-hydrogen) atoms. The van der Waals surface area contributed by atoms with Crippen molar-refractivity contribution in [3.63, 3.8) is 0 Å². The van der Waals surface area contributed by atoms with Crippen LogP contribution in [0.4, 0.5) is 11.4 Å². The first-order valence-electron chi connectivity index (χ1n) is 8.59. The number of piperazine rings is 1. The summed E-state index contributed by atoms with van der Waals surface area (Å²) in [7, 11) is 1.70.